The number of carbonyl (C=O) groups excluding carboxylic acids is 1. The van der Waals surface area contributed by atoms with Crippen molar-refractivity contribution in [2.75, 3.05) is 13.1 Å². The van der Waals surface area contributed by atoms with Crippen LogP contribution in [-0.4, -0.2) is 38.7 Å². The molecular formula is C18H24N4O. The Kier molecular flexibility index (Phi) is 5.40. The fourth-order valence-electron chi connectivity index (χ4n) is 3.26. The van der Waals surface area contributed by atoms with E-state index in [-0.39, 0.29) is 5.91 Å². The number of hydrogen-bond acceptors (Lipinski definition) is 3. The monoisotopic (exact) mass is 312 g/mol. The molecule has 1 atom stereocenters. The van der Waals surface area contributed by atoms with Crippen molar-refractivity contribution in [3.05, 3.63) is 48.5 Å². The fraction of sp³-hybridized carbons (Fsp3) is 0.500. The highest BCUT2D eigenvalue weighted by Gasteiger charge is 2.23. The number of hydrogen-bond donors (Lipinski definition) is 0. The lowest BCUT2D eigenvalue weighted by Crippen LogP contribution is -2.40. The van der Waals surface area contributed by atoms with Crippen LogP contribution in [0.5, 0.6) is 0 Å². The van der Waals surface area contributed by atoms with Crippen LogP contribution in [0.15, 0.2) is 43.0 Å². The zero-order valence-electron chi connectivity index (χ0n) is 13.5. The Hall–Kier alpha value is -2.17. The second-order valence-electron chi connectivity index (χ2n) is 6.28. The zero-order valence-corrected chi connectivity index (χ0v) is 13.5. The van der Waals surface area contributed by atoms with Crippen molar-refractivity contribution < 1.29 is 4.79 Å². The van der Waals surface area contributed by atoms with E-state index in [1.807, 2.05) is 4.90 Å². The maximum atomic E-state index is 12.4. The maximum Gasteiger partial charge on any atom is 0.224 e. The number of amides is 1. The molecule has 3 rings (SSSR count). The number of aryl methyl sites for hydroxylation is 2. The van der Waals surface area contributed by atoms with Crippen molar-refractivity contribution in [2.45, 2.75) is 38.6 Å². The molecule has 0 radical (unpaired) electrons. The van der Waals surface area contributed by atoms with Gasteiger partial charge in [-0.2, -0.15) is 5.10 Å². The van der Waals surface area contributed by atoms with E-state index in [0.717, 1.165) is 32.4 Å². The number of rotatable bonds is 6. The molecule has 1 amide bonds. The highest BCUT2D eigenvalue weighted by atomic mass is 16.2. The molecule has 23 heavy (non-hydrogen) atoms. The Balaban J connectivity index is 1.44. The van der Waals surface area contributed by atoms with Crippen LogP contribution >= 0.6 is 0 Å². The zero-order chi connectivity index (χ0) is 15.9. The Bertz CT molecular complexity index is 597. The highest BCUT2D eigenvalue weighted by Crippen LogP contribution is 2.22. The molecule has 0 aliphatic carbocycles. The van der Waals surface area contributed by atoms with Gasteiger partial charge in [0.15, 0.2) is 0 Å². The first-order valence-electron chi connectivity index (χ1n) is 8.45. The molecule has 0 N–H and O–H groups in total. The second kappa shape index (κ2) is 7.90. The van der Waals surface area contributed by atoms with Gasteiger partial charge in [0.25, 0.3) is 0 Å². The van der Waals surface area contributed by atoms with E-state index in [0.29, 0.717) is 18.9 Å². The van der Waals surface area contributed by atoms with Crippen LogP contribution in [0, 0.1) is 5.92 Å². The van der Waals surface area contributed by atoms with Crippen molar-refractivity contribution in [3.63, 3.8) is 0 Å². The lowest BCUT2D eigenvalue weighted by Gasteiger charge is -2.33. The van der Waals surface area contributed by atoms with E-state index in [1.165, 1.54) is 18.3 Å². The first-order chi connectivity index (χ1) is 11.3. The van der Waals surface area contributed by atoms with Gasteiger partial charge in [0, 0.05) is 19.5 Å². The lowest BCUT2D eigenvalue weighted by molar-refractivity contribution is -0.133. The summed E-state index contributed by atoms with van der Waals surface area (Å²) in [5.41, 5.74) is 1.39. The van der Waals surface area contributed by atoms with Gasteiger partial charge < -0.3 is 4.90 Å². The summed E-state index contributed by atoms with van der Waals surface area (Å²) in [6, 6.07) is 10.6. The van der Waals surface area contributed by atoms with Crippen molar-refractivity contribution >= 4 is 5.91 Å². The van der Waals surface area contributed by atoms with Gasteiger partial charge in [-0.25, -0.2) is 4.98 Å². The summed E-state index contributed by atoms with van der Waals surface area (Å²) in [6.45, 7) is 2.42. The molecule has 5 heteroatoms. The molecule has 1 aromatic carbocycles. The minimum atomic E-state index is 0.241. The van der Waals surface area contributed by atoms with Crippen molar-refractivity contribution in [1.82, 2.24) is 19.7 Å². The molecule has 5 nitrogen and oxygen atoms in total. The second-order valence-corrected chi connectivity index (χ2v) is 6.28. The standard InChI is InChI=1S/C18H24N4O/c23-18(10-12-22-15-19-14-20-22)21-11-4-7-17(13-21)9-8-16-5-2-1-3-6-16/h1-3,5-6,14-15,17H,4,7-13H2. The molecule has 2 aromatic rings. The van der Waals surface area contributed by atoms with E-state index in [9.17, 15) is 4.79 Å². The van der Waals surface area contributed by atoms with Crippen molar-refractivity contribution in [2.24, 2.45) is 5.92 Å². The SMILES string of the molecule is O=C(CCn1cncn1)N1CCCC(CCc2ccccc2)C1. The normalized spacial score (nSPS) is 18.1. The summed E-state index contributed by atoms with van der Waals surface area (Å²) in [5, 5.41) is 4.05. The average Bonchev–Trinajstić information content (AvgIpc) is 3.12. The van der Waals surface area contributed by atoms with Gasteiger partial charge in [0.2, 0.25) is 5.91 Å². The molecule has 122 valence electrons. The predicted molar refractivity (Wildman–Crippen MR) is 88.7 cm³/mol. The quantitative estimate of drug-likeness (QED) is 0.823. The van der Waals surface area contributed by atoms with E-state index < -0.39 is 0 Å². The molecule has 1 unspecified atom stereocenters. The van der Waals surface area contributed by atoms with Crippen LogP contribution in [0.1, 0.15) is 31.2 Å². The van der Waals surface area contributed by atoms with Gasteiger partial charge >= 0.3 is 0 Å². The van der Waals surface area contributed by atoms with Gasteiger partial charge in [-0.15, -0.1) is 0 Å². The van der Waals surface area contributed by atoms with Gasteiger partial charge in [-0.05, 0) is 37.2 Å². The Morgan fingerprint density at radius 3 is 2.91 bits per heavy atom. The van der Waals surface area contributed by atoms with E-state index in [4.69, 9.17) is 0 Å². The molecule has 1 aromatic heterocycles. The van der Waals surface area contributed by atoms with Gasteiger partial charge in [0.05, 0.1) is 6.54 Å². The largest absolute Gasteiger partial charge is 0.342 e. The molecule has 1 aliphatic heterocycles. The topological polar surface area (TPSA) is 51.0 Å². The van der Waals surface area contributed by atoms with Crippen molar-refractivity contribution in [3.8, 4) is 0 Å². The Morgan fingerprint density at radius 2 is 2.13 bits per heavy atom. The summed E-state index contributed by atoms with van der Waals surface area (Å²) in [6.07, 6.45) is 8.30. The predicted octanol–water partition coefficient (Wildman–Crippen LogP) is 2.54. The third-order valence-electron chi connectivity index (χ3n) is 4.58. The summed E-state index contributed by atoms with van der Waals surface area (Å²) in [7, 11) is 0. The minimum absolute atomic E-state index is 0.241. The van der Waals surface area contributed by atoms with Crippen LogP contribution in [0.2, 0.25) is 0 Å². The first kappa shape index (κ1) is 15.7. The Labute approximate surface area is 137 Å². The van der Waals surface area contributed by atoms with Crippen LogP contribution in [0.25, 0.3) is 0 Å². The fourth-order valence-corrected chi connectivity index (χ4v) is 3.26. The summed E-state index contributed by atoms with van der Waals surface area (Å²) in [5.74, 6) is 0.865. The number of likely N-dealkylation sites (tertiary alicyclic amines) is 1. The van der Waals surface area contributed by atoms with Crippen LogP contribution in [0.4, 0.5) is 0 Å². The highest BCUT2D eigenvalue weighted by molar-refractivity contribution is 5.76. The van der Waals surface area contributed by atoms with Crippen LogP contribution < -0.4 is 0 Å². The lowest BCUT2D eigenvalue weighted by atomic mass is 9.91. The number of carbonyl (C=O) groups is 1. The van der Waals surface area contributed by atoms with Gasteiger partial charge in [0.1, 0.15) is 12.7 Å². The molecule has 1 fully saturated rings. The summed E-state index contributed by atoms with van der Waals surface area (Å²) >= 11 is 0. The first-order valence-corrected chi connectivity index (χ1v) is 8.45. The number of benzene rings is 1. The number of nitrogens with zero attached hydrogens (tertiary/aromatic N) is 4. The third kappa shape index (κ3) is 4.65. The molecule has 2 heterocycles. The maximum absolute atomic E-state index is 12.4. The molecule has 0 bridgehead atoms. The average molecular weight is 312 g/mol. The smallest absolute Gasteiger partial charge is 0.224 e. The number of aromatic nitrogens is 3. The number of piperidine rings is 1. The molecule has 1 aliphatic rings. The van der Waals surface area contributed by atoms with E-state index in [1.54, 1.807) is 11.0 Å². The van der Waals surface area contributed by atoms with Crippen LogP contribution in [0.3, 0.4) is 0 Å². The molecule has 0 spiro atoms. The molecule has 0 saturated carbocycles. The van der Waals surface area contributed by atoms with E-state index in [2.05, 4.69) is 40.4 Å². The third-order valence-corrected chi connectivity index (χ3v) is 4.58. The molecule has 1 saturated heterocycles. The summed E-state index contributed by atoms with van der Waals surface area (Å²) in [4.78, 5) is 18.3. The van der Waals surface area contributed by atoms with Crippen LogP contribution in [-0.2, 0) is 17.8 Å². The van der Waals surface area contributed by atoms with Gasteiger partial charge in [-0.3, -0.25) is 9.48 Å². The Morgan fingerprint density at radius 1 is 1.26 bits per heavy atom. The summed E-state index contributed by atoms with van der Waals surface area (Å²) < 4.78 is 1.72. The minimum Gasteiger partial charge on any atom is -0.342 e. The van der Waals surface area contributed by atoms with Gasteiger partial charge in [-0.1, -0.05) is 30.3 Å². The van der Waals surface area contributed by atoms with E-state index >= 15 is 0 Å². The van der Waals surface area contributed by atoms with Crippen molar-refractivity contribution in [1.29, 1.82) is 0 Å². The molecular weight excluding hydrogens is 288 g/mol.